The van der Waals surface area contributed by atoms with Crippen molar-refractivity contribution in [2.24, 2.45) is 0 Å². The Balaban J connectivity index is 2.15. The van der Waals surface area contributed by atoms with Gasteiger partial charge in [0.2, 0.25) is 5.24 Å². The van der Waals surface area contributed by atoms with E-state index in [1.807, 2.05) is 43.5 Å². The van der Waals surface area contributed by atoms with Gasteiger partial charge in [-0.1, -0.05) is 12.1 Å². The molecule has 25 heavy (non-hydrogen) atoms. The number of carbonyl (C=O) groups excluding carboxylic acids is 1. The lowest BCUT2D eigenvalue weighted by molar-refractivity contribution is -0.110. The topological polar surface area (TPSA) is 17.1 Å². The van der Waals surface area contributed by atoms with Gasteiger partial charge in [0.05, 0.1) is 0 Å². The zero-order valence-corrected chi connectivity index (χ0v) is 15.3. The third-order valence-electron chi connectivity index (χ3n) is 4.27. The molecule has 0 radical (unpaired) electrons. The molecule has 0 unspecified atom stereocenters. The van der Waals surface area contributed by atoms with Gasteiger partial charge in [0.1, 0.15) is 0 Å². The molecule has 1 nitrogen and oxygen atoms in total. The molecule has 0 fully saturated rings. The number of hydrogen-bond acceptors (Lipinski definition) is 2. The van der Waals surface area contributed by atoms with Crippen LogP contribution in [-0.2, 0) is 4.79 Å². The Hall–Kier alpha value is -1.91. The lowest BCUT2D eigenvalue weighted by Crippen LogP contribution is -1.94. The number of halogens is 3. The zero-order valence-electron chi connectivity index (χ0n) is 13.7. The molecule has 0 N–H and O–H groups in total. The molecule has 5 heteroatoms. The average Bonchev–Trinajstić information content (AvgIpc) is 2.81. The second-order valence-corrected chi connectivity index (χ2v) is 7.08. The molecule has 128 valence electrons. The van der Waals surface area contributed by atoms with E-state index in [2.05, 4.69) is 0 Å². The number of carbonyl (C=O) groups is 1. The highest BCUT2D eigenvalue weighted by Crippen LogP contribution is 2.44. The molecule has 2 aromatic rings. The van der Waals surface area contributed by atoms with Gasteiger partial charge in [-0.05, 0) is 88.5 Å². The van der Waals surface area contributed by atoms with Gasteiger partial charge in [0.25, 0.3) is 0 Å². The number of thioether (sulfide) groups is 1. The quantitative estimate of drug-likeness (QED) is 0.469. The first-order valence-corrected chi connectivity index (χ1v) is 9.25. The maximum atomic E-state index is 13.8. The summed E-state index contributed by atoms with van der Waals surface area (Å²) in [6, 6.07) is 10.3. The van der Waals surface area contributed by atoms with Gasteiger partial charge in [0.15, 0.2) is 11.6 Å². The van der Waals surface area contributed by atoms with E-state index in [-0.39, 0.29) is 6.42 Å². The van der Waals surface area contributed by atoms with E-state index in [0.29, 0.717) is 16.7 Å². The van der Waals surface area contributed by atoms with Crippen LogP contribution in [-0.4, -0.2) is 11.5 Å². The summed E-state index contributed by atoms with van der Waals surface area (Å²) in [7, 11) is 0. The Morgan fingerprint density at radius 1 is 1.12 bits per heavy atom. The molecule has 2 aromatic carbocycles. The van der Waals surface area contributed by atoms with Crippen molar-refractivity contribution in [3.63, 3.8) is 0 Å². The molecule has 0 saturated heterocycles. The van der Waals surface area contributed by atoms with Gasteiger partial charge >= 0.3 is 0 Å². The van der Waals surface area contributed by atoms with Crippen molar-refractivity contribution in [1.82, 2.24) is 0 Å². The summed E-state index contributed by atoms with van der Waals surface area (Å²) in [6.45, 7) is 1.84. The van der Waals surface area contributed by atoms with E-state index in [1.54, 1.807) is 11.8 Å². The van der Waals surface area contributed by atoms with Crippen LogP contribution in [0.25, 0.3) is 17.2 Å². The minimum absolute atomic E-state index is 0.0196. The zero-order chi connectivity index (χ0) is 18.1. The minimum atomic E-state index is -0.934. The number of allylic oxidation sites excluding steroid dienone is 3. The smallest absolute Gasteiger partial charge is 0.226 e. The predicted octanol–water partition coefficient (Wildman–Crippen LogP) is 6.17. The highest BCUT2D eigenvalue weighted by molar-refractivity contribution is 7.98. The van der Waals surface area contributed by atoms with E-state index in [9.17, 15) is 13.6 Å². The number of rotatable bonds is 4. The van der Waals surface area contributed by atoms with Crippen LogP contribution in [0.1, 0.15) is 30.0 Å². The molecule has 1 aliphatic rings. The normalized spacial score (nSPS) is 15.0. The monoisotopic (exact) mass is 376 g/mol. The molecule has 0 aromatic heterocycles. The molecule has 1 aliphatic carbocycles. The van der Waals surface area contributed by atoms with Crippen molar-refractivity contribution < 1.29 is 13.6 Å². The minimum Gasteiger partial charge on any atom is -0.281 e. The van der Waals surface area contributed by atoms with Crippen molar-refractivity contribution in [3.8, 4) is 0 Å². The molecule has 0 atom stereocenters. The molecule has 0 heterocycles. The van der Waals surface area contributed by atoms with Crippen LogP contribution in [0.15, 0.2) is 46.9 Å². The summed E-state index contributed by atoms with van der Waals surface area (Å²) >= 11 is 7.19. The Morgan fingerprint density at radius 2 is 1.72 bits per heavy atom. The predicted molar refractivity (Wildman–Crippen MR) is 101 cm³/mol. The van der Waals surface area contributed by atoms with Crippen molar-refractivity contribution in [1.29, 1.82) is 0 Å². The van der Waals surface area contributed by atoms with Crippen molar-refractivity contribution in [2.45, 2.75) is 18.2 Å². The first kappa shape index (κ1) is 17.9. The van der Waals surface area contributed by atoms with Gasteiger partial charge in [-0.3, -0.25) is 4.79 Å². The molecule has 0 bridgehead atoms. The van der Waals surface area contributed by atoms with Crippen LogP contribution >= 0.6 is 23.4 Å². The third kappa shape index (κ3) is 3.55. The first-order chi connectivity index (χ1) is 11.9. The van der Waals surface area contributed by atoms with Crippen LogP contribution in [0.4, 0.5) is 8.78 Å². The van der Waals surface area contributed by atoms with E-state index in [0.717, 1.165) is 27.7 Å². The van der Waals surface area contributed by atoms with Crippen molar-refractivity contribution in [3.05, 3.63) is 70.3 Å². The Labute approximate surface area is 154 Å². The lowest BCUT2D eigenvalue weighted by Gasteiger charge is -2.06. The Kier molecular flexibility index (Phi) is 5.11. The summed E-state index contributed by atoms with van der Waals surface area (Å²) in [6.07, 6.45) is 3.90. The molecule has 0 spiro atoms. The van der Waals surface area contributed by atoms with Crippen molar-refractivity contribution >= 4 is 45.8 Å². The SMILES string of the molecule is CSc1ccc(/C=C2\C(C)=C(CC(=O)Cl)c3cc(F)c(F)cc32)cc1. The number of hydrogen-bond donors (Lipinski definition) is 0. The molecule has 3 rings (SSSR count). The van der Waals surface area contributed by atoms with Gasteiger partial charge < -0.3 is 0 Å². The average molecular weight is 377 g/mol. The highest BCUT2D eigenvalue weighted by atomic mass is 35.5. The maximum absolute atomic E-state index is 13.8. The van der Waals surface area contributed by atoms with Gasteiger partial charge in [-0.25, -0.2) is 8.78 Å². The lowest BCUT2D eigenvalue weighted by atomic mass is 10.0. The molecular formula is C20H15ClF2OS. The van der Waals surface area contributed by atoms with Gasteiger partial charge in [0, 0.05) is 11.3 Å². The van der Waals surface area contributed by atoms with E-state index in [1.165, 1.54) is 6.07 Å². The fourth-order valence-corrected chi connectivity index (χ4v) is 3.55. The van der Waals surface area contributed by atoms with Crippen LogP contribution in [0.2, 0.25) is 0 Å². The molecule has 0 saturated carbocycles. The van der Waals surface area contributed by atoms with Crippen molar-refractivity contribution in [2.75, 3.05) is 6.26 Å². The highest BCUT2D eigenvalue weighted by Gasteiger charge is 2.26. The summed E-state index contributed by atoms with van der Waals surface area (Å²) in [5.41, 5.74) is 4.28. The van der Waals surface area contributed by atoms with Crippen LogP contribution in [0, 0.1) is 11.6 Å². The maximum Gasteiger partial charge on any atom is 0.226 e. The Bertz CT molecular complexity index is 914. The largest absolute Gasteiger partial charge is 0.281 e. The van der Waals surface area contributed by atoms with E-state index < -0.39 is 16.9 Å². The van der Waals surface area contributed by atoms with Crippen LogP contribution < -0.4 is 0 Å². The summed E-state index contributed by atoms with van der Waals surface area (Å²) in [5, 5.41) is -0.532. The summed E-state index contributed by atoms with van der Waals surface area (Å²) in [4.78, 5) is 12.5. The summed E-state index contributed by atoms with van der Waals surface area (Å²) < 4.78 is 27.5. The Morgan fingerprint density at radius 3 is 2.28 bits per heavy atom. The van der Waals surface area contributed by atoms with Gasteiger partial charge in [-0.2, -0.15) is 0 Å². The fraction of sp³-hybridized carbons (Fsp3) is 0.150. The second-order valence-electron chi connectivity index (χ2n) is 5.78. The molecular weight excluding hydrogens is 362 g/mol. The van der Waals surface area contributed by atoms with Gasteiger partial charge in [-0.15, -0.1) is 11.8 Å². The summed E-state index contributed by atoms with van der Waals surface area (Å²) in [5.74, 6) is -1.84. The molecule has 0 aliphatic heterocycles. The molecule has 0 amide bonds. The van der Waals surface area contributed by atoms with Crippen LogP contribution in [0.3, 0.4) is 0 Å². The fourth-order valence-electron chi connectivity index (χ4n) is 3.01. The van der Waals surface area contributed by atoms with Crippen LogP contribution in [0.5, 0.6) is 0 Å². The first-order valence-electron chi connectivity index (χ1n) is 7.64. The number of fused-ring (bicyclic) bond motifs is 1. The van der Waals surface area contributed by atoms with E-state index in [4.69, 9.17) is 11.6 Å². The number of benzene rings is 2. The standard InChI is InChI=1S/C20H15ClF2OS/c1-11-14(7-12-3-5-13(25-2)6-4-12)16-8-18(22)19(23)9-17(16)15(11)10-20(21)24/h3-9H,10H2,1-2H3/b14-7+. The van der Waals surface area contributed by atoms with E-state index >= 15 is 0 Å². The third-order valence-corrected chi connectivity index (χ3v) is 5.15. The second kappa shape index (κ2) is 7.14.